The van der Waals surface area contributed by atoms with Crippen molar-refractivity contribution in [2.45, 2.75) is 6.10 Å². The second-order valence-electron chi connectivity index (χ2n) is 5.70. The lowest BCUT2D eigenvalue weighted by Crippen LogP contribution is -2.42. The zero-order chi connectivity index (χ0) is 16.5. The van der Waals surface area contributed by atoms with Gasteiger partial charge in [-0.15, -0.1) is 11.3 Å². The van der Waals surface area contributed by atoms with Crippen LogP contribution in [0.1, 0.15) is 22.0 Å². The Hall–Kier alpha value is -1.95. The first kappa shape index (κ1) is 15.6. The van der Waals surface area contributed by atoms with E-state index < -0.39 is 0 Å². The van der Waals surface area contributed by atoms with E-state index in [9.17, 15) is 4.79 Å². The van der Waals surface area contributed by atoms with Crippen LogP contribution in [0.4, 0.5) is 0 Å². The monoisotopic (exact) mass is 358 g/mol. The maximum Gasteiger partial charge on any atom is 0.254 e. The highest BCUT2D eigenvalue weighted by atomic mass is 35.5. The van der Waals surface area contributed by atoms with E-state index in [2.05, 4.69) is 4.98 Å². The van der Waals surface area contributed by atoms with Gasteiger partial charge in [0.1, 0.15) is 6.10 Å². The summed E-state index contributed by atoms with van der Waals surface area (Å²) in [6, 6.07) is 13.3. The Kier molecular flexibility index (Phi) is 4.22. The zero-order valence-electron chi connectivity index (χ0n) is 12.8. The summed E-state index contributed by atoms with van der Waals surface area (Å²) < 4.78 is 6.86. The molecule has 1 fully saturated rings. The van der Waals surface area contributed by atoms with E-state index in [1.165, 1.54) is 0 Å². The summed E-state index contributed by atoms with van der Waals surface area (Å²) in [6.45, 7) is 1.64. The van der Waals surface area contributed by atoms with Gasteiger partial charge < -0.3 is 9.64 Å². The highest BCUT2D eigenvalue weighted by molar-refractivity contribution is 7.16. The van der Waals surface area contributed by atoms with Crippen LogP contribution in [0, 0.1) is 0 Å². The number of amides is 1. The second kappa shape index (κ2) is 6.51. The van der Waals surface area contributed by atoms with Gasteiger partial charge in [-0.1, -0.05) is 23.7 Å². The minimum absolute atomic E-state index is 0.0284. The summed E-state index contributed by atoms with van der Waals surface area (Å²) in [5, 5.41) is 0.676. The number of aromatic nitrogens is 1. The Morgan fingerprint density at radius 3 is 3.08 bits per heavy atom. The number of carbonyl (C=O) groups excluding carboxylic acids is 1. The molecule has 0 saturated carbocycles. The number of morpholine rings is 1. The van der Waals surface area contributed by atoms with Crippen LogP contribution in [0.3, 0.4) is 0 Å². The maximum atomic E-state index is 12.8. The molecule has 4 nitrogen and oxygen atoms in total. The SMILES string of the molecule is O=C(c1ccc2ncsc2c1)N1CCOC(c2cccc(Cl)c2)C1. The lowest BCUT2D eigenvalue weighted by atomic mass is 10.1. The molecule has 24 heavy (non-hydrogen) atoms. The summed E-state index contributed by atoms with van der Waals surface area (Å²) >= 11 is 7.61. The molecule has 1 aliphatic heterocycles. The van der Waals surface area contributed by atoms with Gasteiger partial charge in [0.05, 0.1) is 28.9 Å². The Bertz CT molecular complexity index is 895. The van der Waals surface area contributed by atoms with Crippen molar-refractivity contribution in [2.24, 2.45) is 0 Å². The number of benzene rings is 2. The van der Waals surface area contributed by atoms with Crippen molar-refractivity contribution in [1.29, 1.82) is 0 Å². The van der Waals surface area contributed by atoms with E-state index in [1.54, 1.807) is 16.8 Å². The van der Waals surface area contributed by atoms with Crippen LogP contribution in [0.5, 0.6) is 0 Å². The molecule has 1 unspecified atom stereocenters. The molecular weight excluding hydrogens is 344 g/mol. The molecule has 1 atom stereocenters. The number of nitrogens with zero attached hydrogens (tertiary/aromatic N) is 2. The molecule has 4 rings (SSSR count). The number of thiazole rings is 1. The Morgan fingerprint density at radius 2 is 2.21 bits per heavy atom. The number of fused-ring (bicyclic) bond motifs is 1. The van der Waals surface area contributed by atoms with Gasteiger partial charge >= 0.3 is 0 Å². The van der Waals surface area contributed by atoms with Crippen LogP contribution in [0.25, 0.3) is 10.2 Å². The standard InChI is InChI=1S/C18H15ClN2O2S/c19-14-3-1-2-12(8-14)16-10-21(6-7-23-16)18(22)13-4-5-15-17(9-13)24-11-20-15/h1-5,8-9,11,16H,6-7,10H2. The highest BCUT2D eigenvalue weighted by Crippen LogP contribution is 2.26. The first-order valence-electron chi connectivity index (χ1n) is 7.70. The molecule has 2 heterocycles. The van der Waals surface area contributed by atoms with Crippen molar-refractivity contribution in [1.82, 2.24) is 9.88 Å². The Labute approximate surface area is 148 Å². The Morgan fingerprint density at radius 1 is 1.29 bits per heavy atom. The van der Waals surface area contributed by atoms with Crippen LogP contribution in [0.2, 0.25) is 5.02 Å². The molecule has 0 radical (unpaired) electrons. The molecule has 3 aromatic rings. The highest BCUT2D eigenvalue weighted by Gasteiger charge is 2.26. The third-order valence-electron chi connectivity index (χ3n) is 4.15. The minimum atomic E-state index is -0.145. The molecule has 1 amide bonds. The first-order valence-corrected chi connectivity index (χ1v) is 8.96. The third-order valence-corrected chi connectivity index (χ3v) is 5.18. The van der Waals surface area contributed by atoms with Gasteiger partial charge in [0.2, 0.25) is 0 Å². The summed E-state index contributed by atoms with van der Waals surface area (Å²) in [7, 11) is 0. The number of rotatable bonds is 2. The summed E-state index contributed by atoms with van der Waals surface area (Å²) in [4.78, 5) is 18.9. The van der Waals surface area contributed by atoms with Gasteiger partial charge in [0, 0.05) is 17.1 Å². The largest absolute Gasteiger partial charge is 0.370 e. The average Bonchev–Trinajstić information content (AvgIpc) is 3.09. The van der Waals surface area contributed by atoms with Gasteiger partial charge in [-0.25, -0.2) is 4.98 Å². The number of halogens is 1. The lowest BCUT2D eigenvalue weighted by Gasteiger charge is -2.33. The third kappa shape index (κ3) is 3.02. The zero-order valence-corrected chi connectivity index (χ0v) is 14.4. The first-order chi connectivity index (χ1) is 11.7. The van der Waals surface area contributed by atoms with Gasteiger partial charge in [-0.2, -0.15) is 0 Å². The minimum Gasteiger partial charge on any atom is -0.370 e. The van der Waals surface area contributed by atoms with Gasteiger partial charge in [0.15, 0.2) is 0 Å². The number of carbonyl (C=O) groups is 1. The van der Waals surface area contributed by atoms with E-state index in [-0.39, 0.29) is 12.0 Å². The fourth-order valence-corrected chi connectivity index (χ4v) is 3.83. The molecule has 1 aromatic heterocycles. The van der Waals surface area contributed by atoms with Crippen molar-refractivity contribution >= 4 is 39.1 Å². The van der Waals surface area contributed by atoms with E-state index in [4.69, 9.17) is 16.3 Å². The molecule has 6 heteroatoms. The summed E-state index contributed by atoms with van der Waals surface area (Å²) in [5.74, 6) is 0.0284. The van der Waals surface area contributed by atoms with Crippen LogP contribution in [0.15, 0.2) is 48.0 Å². The topological polar surface area (TPSA) is 42.4 Å². The van der Waals surface area contributed by atoms with Gasteiger partial charge in [-0.05, 0) is 35.9 Å². The molecule has 0 aliphatic carbocycles. The smallest absolute Gasteiger partial charge is 0.254 e. The fourth-order valence-electron chi connectivity index (χ4n) is 2.91. The predicted octanol–water partition coefficient (Wildman–Crippen LogP) is 4.16. The van der Waals surface area contributed by atoms with Crippen molar-refractivity contribution in [2.75, 3.05) is 19.7 Å². The quantitative estimate of drug-likeness (QED) is 0.690. The van der Waals surface area contributed by atoms with Crippen molar-refractivity contribution < 1.29 is 9.53 Å². The van der Waals surface area contributed by atoms with E-state index in [1.807, 2.05) is 47.4 Å². The van der Waals surface area contributed by atoms with E-state index in [0.717, 1.165) is 15.8 Å². The lowest BCUT2D eigenvalue weighted by molar-refractivity contribution is -0.0228. The van der Waals surface area contributed by atoms with Gasteiger partial charge in [-0.3, -0.25) is 4.79 Å². The molecule has 1 saturated heterocycles. The molecule has 2 aromatic carbocycles. The number of hydrogen-bond acceptors (Lipinski definition) is 4. The number of ether oxygens (including phenoxy) is 1. The van der Waals surface area contributed by atoms with Crippen LogP contribution >= 0.6 is 22.9 Å². The number of hydrogen-bond donors (Lipinski definition) is 0. The molecule has 1 aliphatic rings. The predicted molar refractivity (Wildman–Crippen MR) is 95.7 cm³/mol. The molecule has 0 N–H and O–H groups in total. The van der Waals surface area contributed by atoms with Crippen molar-refractivity contribution in [3.63, 3.8) is 0 Å². The van der Waals surface area contributed by atoms with Crippen molar-refractivity contribution in [3.05, 3.63) is 64.1 Å². The molecular formula is C18H15ClN2O2S. The fraction of sp³-hybridized carbons (Fsp3) is 0.222. The van der Waals surface area contributed by atoms with Gasteiger partial charge in [0.25, 0.3) is 5.91 Å². The average molecular weight is 359 g/mol. The molecule has 0 bridgehead atoms. The molecule has 0 spiro atoms. The van der Waals surface area contributed by atoms with Crippen LogP contribution < -0.4 is 0 Å². The second-order valence-corrected chi connectivity index (χ2v) is 7.02. The van der Waals surface area contributed by atoms with E-state index in [0.29, 0.717) is 30.3 Å². The summed E-state index contributed by atoms with van der Waals surface area (Å²) in [6.07, 6.45) is -0.145. The van der Waals surface area contributed by atoms with Crippen LogP contribution in [-0.2, 0) is 4.74 Å². The molecule has 122 valence electrons. The maximum absolute atomic E-state index is 12.8. The normalized spacial score (nSPS) is 18.0. The van der Waals surface area contributed by atoms with Crippen LogP contribution in [-0.4, -0.2) is 35.5 Å². The van der Waals surface area contributed by atoms with E-state index >= 15 is 0 Å². The Balaban J connectivity index is 1.55. The van der Waals surface area contributed by atoms with Crippen molar-refractivity contribution in [3.8, 4) is 0 Å². The summed E-state index contributed by atoms with van der Waals surface area (Å²) in [5.41, 5.74) is 4.41.